The highest BCUT2D eigenvalue weighted by molar-refractivity contribution is 6.31. The van der Waals surface area contributed by atoms with Crippen LogP contribution in [0.15, 0.2) is 36.4 Å². The van der Waals surface area contributed by atoms with Crippen LogP contribution in [0.25, 0.3) is 0 Å². The number of halogens is 1. The minimum Gasteiger partial charge on any atom is -0.490 e. The quantitative estimate of drug-likeness (QED) is 0.640. The van der Waals surface area contributed by atoms with Crippen LogP contribution in [0.1, 0.15) is 37.0 Å². The van der Waals surface area contributed by atoms with Crippen LogP contribution in [-0.4, -0.2) is 24.4 Å². The Hall–Kier alpha value is -1.75. The monoisotopic (exact) mass is 377 g/mol. The predicted molar refractivity (Wildman–Crippen MR) is 106 cm³/mol. The predicted octanol–water partition coefficient (Wildman–Crippen LogP) is 4.49. The van der Waals surface area contributed by atoms with Gasteiger partial charge in [0.2, 0.25) is 0 Å². The molecule has 0 aliphatic heterocycles. The molecule has 0 spiro atoms. The fraction of sp³-hybridized carbons (Fsp3) is 0.429. The molecule has 0 saturated heterocycles. The normalized spacial score (nSPS) is 12.0. The van der Waals surface area contributed by atoms with E-state index in [1.54, 1.807) is 6.07 Å². The van der Waals surface area contributed by atoms with Crippen LogP contribution < -0.4 is 14.8 Å². The van der Waals surface area contributed by atoms with Crippen molar-refractivity contribution in [1.29, 1.82) is 0 Å². The van der Waals surface area contributed by atoms with E-state index in [0.717, 1.165) is 17.5 Å². The summed E-state index contributed by atoms with van der Waals surface area (Å²) in [7, 11) is 0. The Morgan fingerprint density at radius 1 is 1.12 bits per heavy atom. The number of aliphatic hydroxyl groups is 1. The van der Waals surface area contributed by atoms with Gasteiger partial charge in [0.25, 0.3) is 0 Å². The number of benzene rings is 2. The second-order valence-corrected chi connectivity index (χ2v) is 6.68. The maximum absolute atomic E-state index is 9.31. The molecule has 5 heteroatoms. The summed E-state index contributed by atoms with van der Waals surface area (Å²) >= 11 is 6.44. The average Bonchev–Trinajstić information content (AvgIpc) is 2.63. The Morgan fingerprint density at radius 2 is 1.88 bits per heavy atom. The zero-order valence-corrected chi connectivity index (χ0v) is 16.5. The lowest BCUT2D eigenvalue weighted by Crippen LogP contribution is -2.31. The molecule has 26 heavy (non-hydrogen) atoms. The minimum atomic E-state index is 0.0545. The maximum atomic E-state index is 9.31. The van der Waals surface area contributed by atoms with E-state index in [-0.39, 0.29) is 12.6 Å². The number of rotatable bonds is 10. The molecule has 0 saturated carbocycles. The third kappa shape index (κ3) is 5.90. The van der Waals surface area contributed by atoms with E-state index in [0.29, 0.717) is 36.3 Å². The van der Waals surface area contributed by atoms with E-state index in [9.17, 15) is 5.11 Å². The Morgan fingerprint density at radius 3 is 2.54 bits per heavy atom. The standard InChI is InChI=1S/C21H28ClNO3/c1-4-18(13-24)23-12-17-10-20(25-5-2)21(11-19(17)22)26-14-16-8-6-7-15(3)9-16/h6-11,18,23-24H,4-5,12-14H2,1-3H3. The van der Waals surface area contributed by atoms with E-state index < -0.39 is 0 Å². The van der Waals surface area contributed by atoms with Crippen LogP contribution in [0.4, 0.5) is 0 Å². The van der Waals surface area contributed by atoms with Gasteiger partial charge >= 0.3 is 0 Å². The fourth-order valence-corrected chi connectivity index (χ4v) is 2.87. The number of aliphatic hydroxyl groups excluding tert-OH is 1. The van der Waals surface area contributed by atoms with Gasteiger partial charge in [-0.3, -0.25) is 0 Å². The van der Waals surface area contributed by atoms with Gasteiger partial charge in [-0.2, -0.15) is 0 Å². The lowest BCUT2D eigenvalue weighted by atomic mass is 10.1. The lowest BCUT2D eigenvalue weighted by Gasteiger charge is -2.17. The number of hydrogen-bond acceptors (Lipinski definition) is 4. The second-order valence-electron chi connectivity index (χ2n) is 6.27. The Labute approximate surface area is 161 Å². The van der Waals surface area contributed by atoms with E-state index in [4.69, 9.17) is 21.1 Å². The molecule has 2 rings (SSSR count). The Balaban J connectivity index is 2.14. The summed E-state index contributed by atoms with van der Waals surface area (Å²) in [4.78, 5) is 0. The van der Waals surface area contributed by atoms with Crippen LogP contribution in [0.2, 0.25) is 5.02 Å². The van der Waals surface area contributed by atoms with Gasteiger partial charge in [0.1, 0.15) is 6.61 Å². The molecule has 2 aromatic rings. The first-order valence-corrected chi connectivity index (χ1v) is 9.42. The zero-order valence-electron chi connectivity index (χ0n) is 15.7. The van der Waals surface area contributed by atoms with Crippen LogP contribution in [0.3, 0.4) is 0 Å². The van der Waals surface area contributed by atoms with Gasteiger partial charge in [-0.15, -0.1) is 0 Å². The van der Waals surface area contributed by atoms with E-state index in [1.807, 2.05) is 32.0 Å². The van der Waals surface area contributed by atoms with Crippen molar-refractivity contribution in [2.45, 2.75) is 46.4 Å². The summed E-state index contributed by atoms with van der Waals surface area (Å²) in [5.41, 5.74) is 3.22. The molecule has 0 bridgehead atoms. The molecule has 0 amide bonds. The summed E-state index contributed by atoms with van der Waals surface area (Å²) in [6.07, 6.45) is 0.851. The first-order chi connectivity index (χ1) is 12.6. The van der Waals surface area contributed by atoms with Gasteiger partial charge in [-0.05, 0) is 37.5 Å². The fourth-order valence-electron chi connectivity index (χ4n) is 2.65. The van der Waals surface area contributed by atoms with Crippen LogP contribution in [-0.2, 0) is 13.2 Å². The Bertz CT molecular complexity index is 702. The molecule has 2 aromatic carbocycles. The van der Waals surface area contributed by atoms with Crippen molar-refractivity contribution in [2.75, 3.05) is 13.2 Å². The third-order valence-electron chi connectivity index (χ3n) is 4.18. The van der Waals surface area contributed by atoms with Crippen LogP contribution in [0, 0.1) is 6.92 Å². The highest BCUT2D eigenvalue weighted by atomic mass is 35.5. The van der Waals surface area contributed by atoms with Crippen molar-refractivity contribution < 1.29 is 14.6 Å². The van der Waals surface area contributed by atoms with Crippen molar-refractivity contribution in [3.8, 4) is 11.5 Å². The van der Waals surface area contributed by atoms with Crippen LogP contribution >= 0.6 is 11.6 Å². The molecular formula is C21H28ClNO3. The van der Waals surface area contributed by atoms with Gasteiger partial charge in [0.05, 0.1) is 13.2 Å². The summed E-state index contributed by atoms with van der Waals surface area (Å²) in [6, 6.07) is 12.0. The number of ether oxygens (including phenoxy) is 2. The summed E-state index contributed by atoms with van der Waals surface area (Å²) in [5.74, 6) is 1.31. The van der Waals surface area contributed by atoms with Gasteiger partial charge < -0.3 is 19.9 Å². The molecule has 0 heterocycles. The van der Waals surface area contributed by atoms with Gasteiger partial charge in [0, 0.05) is 23.7 Å². The summed E-state index contributed by atoms with van der Waals surface area (Å²) < 4.78 is 11.7. The molecule has 142 valence electrons. The summed E-state index contributed by atoms with van der Waals surface area (Å²) in [6.45, 7) is 7.70. The number of nitrogens with one attached hydrogen (secondary N) is 1. The molecule has 0 aromatic heterocycles. The summed E-state index contributed by atoms with van der Waals surface area (Å²) in [5, 5.41) is 13.2. The lowest BCUT2D eigenvalue weighted by molar-refractivity contribution is 0.238. The molecule has 0 radical (unpaired) electrons. The average molecular weight is 378 g/mol. The molecule has 0 aliphatic carbocycles. The van der Waals surface area contributed by atoms with Gasteiger partial charge in [-0.25, -0.2) is 0 Å². The van der Waals surface area contributed by atoms with Crippen molar-refractivity contribution in [3.63, 3.8) is 0 Å². The first-order valence-electron chi connectivity index (χ1n) is 9.05. The van der Waals surface area contributed by atoms with Crippen molar-refractivity contribution in [3.05, 3.63) is 58.1 Å². The molecular weight excluding hydrogens is 350 g/mol. The molecule has 0 fully saturated rings. The topological polar surface area (TPSA) is 50.7 Å². The van der Waals surface area contributed by atoms with Crippen molar-refractivity contribution in [1.82, 2.24) is 5.32 Å². The van der Waals surface area contributed by atoms with Gasteiger partial charge in [0.15, 0.2) is 11.5 Å². The van der Waals surface area contributed by atoms with Crippen molar-refractivity contribution >= 4 is 11.6 Å². The minimum absolute atomic E-state index is 0.0545. The Kier molecular flexibility index (Phi) is 8.23. The molecule has 2 N–H and O–H groups in total. The first kappa shape index (κ1) is 20.6. The molecule has 4 nitrogen and oxygen atoms in total. The van der Waals surface area contributed by atoms with E-state index >= 15 is 0 Å². The van der Waals surface area contributed by atoms with Crippen molar-refractivity contribution in [2.24, 2.45) is 0 Å². The smallest absolute Gasteiger partial charge is 0.163 e. The molecule has 1 atom stereocenters. The van der Waals surface area contributed by atoms with Crippen LogP contribution in [0.5, 0.6) is 11.5 Å². The third-order valence-corrected chi connectivity index (χ3v) is 4.54. The SMILES string of the molecule is CCOc1cc(CNC(CC)CO)c(Cl)cc1OCc1cccc(C)c1. The number of aryl methyl sites for hydroxylation is 1. The molecule has 0 aliphatic rings. The van der Waals surface area contributed by atoms with Gasteiger partial charge in [-0.1, -0.05) is 48.4 Å². The number of hydrogen-bond donors (Lipinski definition) is 2. The highest BCUT2D eigenvalue weighted by Crippen LogP contribution is 2.34. The maximum Gasteiger partial charge on any atom is 0.163 e. The molecule has 1 unspecified atom stereocenters. The second kappa shape index (κ2) is 10.4. The zero-order chi connectivity index (χ0) is 18.9. The highest BCUT2D eigenvalue weighted by Gasteiger charge is 2.13. The van der Waals surface area contributed by atoms with E-state index in [2.05, 4.69) is 24.4 Å². The van der Waals surface area contributed by atoms with E-state index in [1.165, 1.54) is 5.56 Å². The largest absolute Gasteiger partial charge is 0.490 e.